The molecule has 0 aromatic heterocycles. The van der Waals surface area contributed by atoms with Crippen molar-refractivity contribution in [3.05, 3.63) is 23.3 Å². The van der Waals surface area contributed by atoms with Crippen molar-refractivity contribution in [3.8, 4) is 0 Å². The molecular weight excluding hydrogens is 156 g/mol. The van der Waals surface area contributed by atoms with E-state index in [0.29, 0.717) is 5.41 Å². The number of unbranched alkanes of at least 4 members (excludes halogenated alkanes) is 1. The predicted molar refractivity (Wildman–Crippen MR) is 61.9 cm³/mol. The molecule has 13 heavy (non-hydrogen) atoms. The Labute approximate surface area is 83.7 Å². The summed E-state index contributed by atoms with van der Waals surface area (Å²) in [4.78, 5) is 0. The average Bonchev–Trinajstić information content (AvgIpc) is 1.95. The van der Waals surface area contributed by atoms with Crippen LogP contribution in [0.3, 0.4) is 0 Å². The molecule has 0 rings (SSSR count). The summed E-state index contributed by atoms with van der Waals surface area (Å²) in [5.74, 6) is 0. The summed E-state index contributed by atoms with van der Waals surface area (Å²) >= 11 is 0. The predicted octanol–water partition coefficient (Wildman–Crippen LogP) is 4.73. The second-order valence-electron chi connectivity index (χ2n) is 5.00. The molecule has 0 bridgehead atoms. The van der Waals surface area contributed by atoms with Gasteiger partial charge in [0.15, 0.2) is 0 Å². The van der Waals surface area contributed by atoms with Gasteiger partial charge in [0.1, 0.15) is 0 Å². The van der Waals surface area contributed by atoms with Crippen molar-refractivity contribution in [2.24, 2.45) is 5.41 Å². The molecule has 0 aliphatic heterocycles. The molecule has 0 radical (unpaired) electrons. The van der Waals surface area contributed by atoms with Crippen molar-refractivity contribution < 1.29 is 0 Å². The summed E-state index contributed by atoms with van der Waals surface area (Å²) in [5, 5.41) is 0. The second kappa shape index (κ2) is 5.26. The van der Waals surface area contributed by atoms with Crippen LogP contribution >= 0.6 is 0 Å². The molecule has 0 heterocycles. The first kappa shape index (κ1) is 12.5. The molecule has 0 saturated carbocycles. The molecular formula is C13H24. The highest BCUT2D eigenvalue weighted by molar-refractivity contribution is 5.08. The first-order chi connectivity index (χ1) is 5.84. The largest absolute Gasteiger partial charge is 0.0856 e. The summed E-state index contributed by atoms with van der Waals surface area (Å²) in [6, 6.07) is 0. The minimum Gasteiger partial charge on any atom is -0.0856 e. The lowest BCUT2D eigenvalue weighted by Crippen LogP contribution is -2.06. The Balaban J connectivity index is 3.93. The fourth-order valence-electron chi connectivity index (χ4n) is 0.978. The maximum absolute atomic E-state index is 2.36. The molecule has 0 heteroatoms. The van der Waals surface area contributed by atoms with Crippen LogP contribution in [0.15, 0.2) is 23.3 Å². The van der Waals surface area contributed by atoms with E-state index in [-0.39, 0.29) is 0 Å². The molecule has 0 aromatic carbocycles. The van der Waals surface area contributed by atoms with Gasteiger partial charge in [0, 0.05) is 0 Å². The number of allylic oxidation sites excluding steroid dienone is 4. The van der Waals surface area contributed by atoms with Gasteiger partial charge in [0.25, 0.3) is 0 Å². The Bertz CT molecular complexity index is 195. The van der Waals surface area contributed by atoms with Crippen LogP contribution in [0.4, 0.5) is 0 Å². The molecule has 0 unspecified atom stereocenters. The van der Waals surface area contributed by atoms with Gasteiger partial charge >= 0.3 is 0 Å². The smallest absolute Gasteiger partial charge is 0.0176 e. The quantitative estimate of drug-likeness (QED) is 0.435. The Hall–Kier alpha value is -0.520. The van der Waals surface area contributed by atoms with Gasteiger partial charge in [-0.2, -0.15) is 0 Å². The van der Waals surface area contributed by atoms with Gasteiger partial charge in [-0.25, -0.2) is 0 Å². The zero-order valence-corrected chi connectivity index (χ0v) is 10.1. The lowest BCUT2D eigenvalue weighted by atomic mass is 9.87. The maximum atomic E-state index is 2.36. The molecule has 0 fully saturated rings. The van der Waals surface area contributed by atoms with Crippen molar-refractivity contribution in [2.45, 2.75) is 54.4 Å². The summed E-state index contributed by atoms with van der Waals surface area (Å²) < 4.78 is 0. The first-order valence-electron chi connectivity index (χ1n) is 5.14. The third kappa shape index (κ3) is 6.62. The van der Waals surface area contributed by atoms with Gasteiger partial charge in [0.2, 0.25) is 0 Å². The molecule has 0 aliphatic rings. The van der Waals surface area contributed by atoms with E-state index >= 15 is 0 Å². The van der Waals surface area contributed by atoms with Crippen molar-refractivity contribution in [2.75, 3.05) is 0 Å². The number of hydrogen-bond acceptors (Lipinski definition) is 0. The third-order valence-corrected chi connectivity index (χ3v) is 2.35. The van der Waals surface area contributed by atoms with E-state index in [0.717, 1.165) is 0 Å². The summed E-state index contributed by atoms with van der Waals surface area (Å²) in [7, 11) is 0. The zero-order chi connectivity index (χ0) is 10.5. The van der Waals surface area contributed by atoms with E-state index in [1.165, 1.54) is 24.0 Å². The Morgan fingerprint density at radius 1 is 0.923 bits per heavy atom. The van der Waals surface area contributed by atoms with Crippen molar-refractivity contribution in [1.29, 1.82) is 0 Å². The maximum Gasteiger partial charge on any atom is -0.0176 e. The summed E-state index contributed by atoms with van der Waals surface area (Å²) in [6.45, 7) is 13.3. The summed E-state index contributed by atoms with van der Waals surface area (Å²) in [6.07, 6.45) is 7.01. The summed E-state index contributed by atoms with van der Waals surface area (Å²) in [5.41, 5.74) is 3.25. The molecule has 0 saturated heterocycles. The SMILES string of the molecule is CC(C)=CCC/C=C(\C)C(C)(C)C. The van der Waals surface area contributed by atoms with Crippen LogP contribution in [0.25, 0.3) is 0 Å². The number of rotatable bonds is 3. The van der Waals surface area contributed by atoms with Gasteiger partial charge < -0.3 is 0 Å². The molecule has 0 atom stereocenters. The molecule has 0 amide bonds. The lowest BCUT2D eigenvalue weighted by molar-refractivity contribution is 0.501. The molecule has 0 spiro atoms. The highest BCUT2D eigenvalue weighted by Crippen LogP contribution is 2.24. The van der Waals surface area contributed by atoms with Crippen molar-refractivity contribution in [3.63, 3.8) is 0 Å². The van der Waals surface area contributed by atoms with Gasteiger partial charge in [-0.15, -0.1) is 0 Å². The molecule has 0 aliphatic carbocycles. The van der Waals surface area contributed by atoms with Crippen LogP contribution in [-0.4, -0.2) is 0 Å². The van der Waals surface area contributed by atoms with Gasteiger partial charge in [-0.3, -0.25) is 0 Å². The van der Waals surface area contributed by atoms with E-state index in [1.807, 2.05) is 0 Å². The molecule has 0 nitrogen and oxygen atoms in total. The Kier molecular flexibility index (Phi) is 5.05. The van der Waals surface area contributed by atoms with E-state index in [4.69, 9.17) is 0 Å². The zero-order valence-electron chi connectivity index (χ0n) is 10.1. The second-order valence-corrected chi connectivity index (χ2v) is 5.00. The highest BCUT2D eigenvalue weighted by atomic mass is 14.2. The number of hydrogen-bond donors (Lipinski definition) is 0. The van der Waals surface area contributed by atoms with Crippen molar-refractivity contribution >= 4 is 0 Å². The van der Waals surface area contributed by atoms with E-state index in [1.54, 1.807) is 0 Å². The van der Waals surface area contributed by atoms with Crippen molar-refractivity contribution in [1.82, 2.24) is 0 Å². The minimum atomic E-state index is 0.338. The normalized spacial score (nSPS) is 12.9. The van der Waals surface area contributed by atoms with Crippen LogP contribution < -0.4 is 0 Å². The van der Waals surface area contributed by atoms with Crippen LogP contribution in [-0.2, 0) is 0 Å². The first-order valence-corrected chi connectivity index (χ1v) is 5.14. The average molecular weight is 180 g/mol. The minimum absolute atomic E-state index is 0.338. The fraction of sp³-hybridized carbons (Fsp3) is 0.692. The molecule has 0 N–H and O–H groups in total. The molecule has 0 aromatic rings. The van der Waals surface area contributed by atoms with E-state index < -0.39 is 0 Å². The standard InChI is InChI=1S/C13H24/c1-11(2)9-7-8-10-12(3)13(4,5)6/h9-10H,7-8H2,1-6H3/b12-10+. The lowest BCUT2D eigenvalue weighted by Gasteiger charge is -2.19. The van der Waals surface area contributed by atoms with E-state index in [2.05, 4.69) is 53.7 Å². The third-order valence-electron chi connectivity index (χ3n) is 2.35. The monoisotopic (exact) mass is 180 g/mol. The van der Waals surface area contributed by atoms with Gasteiger partial charge in [-0.05, 0) is 39.0 Å². The van der Waals surface area contributed by atoms with Crippen LogP contribution in [0.1, 0.15) is 54.4 Å². The van der Waals surface area contributed by atoms with Gasteiger partial charge in [0.05, 0.1) is 0 Å². The Morgan fingerprint density at radius 2 is 1.38 bits per heavy atom. The molecule has 76 valence electrons. The van der Waals surface area contributed by atoms with Crippen LogP contribution in [0, 0.1) is 5.41 Å². The van der Waals surface area contributed by atoms with Crippen LogP contribution in [0.2, 0.25) is 0 Å². The topological polar surface area (TPSA) is 0 Å². The van der Waals surface area contributed by atoms with E-state index in [9.17, 15) is 0 Å². The highest BCUT2D eigenvalue weighted by Gasteiger charge is 2.10. The Morgan fingerprint density at radius 3 is 1.77 bits per heavy atom. The van der Waals surface area contributed by atoms with Crippen LogP contribution in [0.5, 0.6) is 0 Å². The van der Waals surface area contributed by atoms with Gasteiger partial charge in [-0.1, -0.05) is 44.1 Å². The fourth-order valence-corrected chi connectivity index (χ4v) is 0.978.